The molecule has 1 aromatic heterocycles. The summed E-state index contributed by atoms with van der Waals surface area (Å²) in [5, 5.41) is 7.83. The maximum absolute atomic E-state index is 13.1. The van der Waals surface area contributed by atoms with E-state index in [0.29, 0.717) is 12.1 Å². The van der Waals surface area contributed by atoms with Gasteiger partial charge in [-0.15, -0.1) is 0 Å². The molecule has 0 saturated carbocycles. The minimum absolute atomic E-state index is 0.00627. The van der Waals surface area contributed by atoms with Crippen molar-refractivity contribution in [2.24, 2.45) is 0 Å². The summed E-state index contributed by atoms with van der Waals surface area (Å²) in [5.41, 5.74) is 2.83. The number of morpholine rings is 1. The van der Waals surface area contributed by atoms with Crippen molar-refractivity contribution in [1.29, 1.82) is 0 Å². The van der Waals surface area contributed by atoms with Crippen LogP contribution < -0.4 is 10.6 Å². The van der Waals surface area contributed by atoms with Gasteiger partial charge in [0, 0.05) is 35.4 Å². The number of benzene rings is 2. The van der Waals surface area contributed by atoms with E-state index in [0.717, 1.165) is 48.2 Å². The highest BCUT2D eigenvalue weighted by atomic mass is 16.5. The first-order valence-corrected chi connectivity index (χ1v) is 9.58. The van der Waals surface area contributed by atoms with E-state index in [4.69, 9.17) is 4.74 Å². The Morgan fingerprint density at radius 3 is 2.48 bits per heavy atom. The number of nitrogens with zero attached hydrogens (tertiary/aromatic N) is 1. The molecule has 2 fully saturated rings. The van der Waals surface area contributed by atoms with Gasteiger partial charge in [-0.05, 0) is 31.0 Å². The number of ether oxygens (including phenoxy) is 1. The van der Waals surface area contributed by atoms with Crippen LogP contribution in [0.5, 0.6) is 0 Å². The fourth-order valence-electron chi connectivity index (χ4n) is 4.38. The highest BCUT2D eigenvalue weighted by Gasteiger charge is 2.33. The Labute approximate surface area is 158 Å². The van der Waals surface area contributed by atoms with Gasteiger partial charge in [0.05, 0.1) is 24.3 Å². The Hall–Kier alpha value is -2.63. The van der Waals surface area contributed by atoms with Crippen molar-refractivity contribution in [3.63, 3.8) is 0 Å². The van der Waals surface area contributed by atoms with Crippen LogP contribution >= 0.6 is 0 Å². The fraction of sp³-hybridized carbons (Fsp3) is 0.318. The van der Waals surface area contributed by atoms with Crippen molar-refractivity contribution < 1.29 is 9.53 Å². The summed E-state index contributed by atoms with van der Waals surface area (Å²) in [6.07, 6.45) is 3.79. The lowest BCUT2D eigenvalue weighted by Gasteiger charge is -2.40. The average Bonchev–Trinajstić information content (AvgIpc) is 3.08. The van der Waals surface area contributed by atoms with Crippen LogP contribution in [0.25, 0.3) is 16.6 Å². The van der Waals surface area contributed by atoms with E-state index in [2.05, 4.69) is 33.4 Å². The molecule has 2 aliphatic rings. The second kappa shape index (κ2) is 6.83. The molecule has 5 rings (SSSR count). The molecule has 5 heteroatoms. The number of para-hydroxylation sites is 2. The zero-order valence-electron chi connectivity index (χ0n) is 15.1. The minimum Gasteiger partial charge on any atom is -0.378 e. The number of amides is 1. The van der Waals surface area contributed by atoms with E-state index < -0.39 is 0 Å². The number of hydrogen-bond acceptors (Lipinski definition) is 3. The van der Waals surface area contributed by atoms with Crippen LogP contribution in [0.15, 0.2) is 60.8 Å². The molecular weight excluding hydrogens is 338 g/mol. The van der Waals surface area contributed by atoms with Gasteiger partial charge in [0.15, 0.2) is 0 Å². The van der Waals surface area contributed by atoms with Gasteiger partial charge in [0.2, 0.25) is 0 Å². The second-order valence-electron chi connectivity index (χ2n) is 7.51. The Morgan fingerprint density at radius 1 is 1.00 bits per heavy atom. The number of carbonyl (C=O) groups excluding carboxylic acids is 1. The third kappa shape index (κ3) is 3.13. The molecule has 3 aromatic rings. The maximum atomic E-state index is 13.1. The topological polar surface area (TPSA) is 55.3 Å². The molecule has 0 radical (unpaired) electrons. The van der Waals surface area contributed by atoms with E-state index in [9.17, 15) is 4.79 Å². The molecule has 2 atom stereocenters. The third-order valence-corrected chi connectivity index (χ3v) is 5.57. The summed E-state index contributed by atoms with van der Waals surface area (Å²) in [7, 11) is 0. The van der Waals surface area contributed by atoms with Crippen molar-refractivity contribution in [3.8, 4) is 5.69 Å². The Morgan fingerprint density at radius 2 is 1.70 bits per heavy atom. The summed E-state index contributed by atoms with van der Waals surface area (Å²) in [6, 6.07) is 19.1. The molecule has 2 aliphatic heterocycles. The monoisotopic (exact) mass is 361 g/mol. The number of nitrogens with one attached hydrogen (secondary N) is 2. The van der Waals surface area contributed by atoms with E-state index >= 15 is 0 Å². The zero-order valence-corrected chi connectivity index (χ0v) is 15.1. The first-order chi connectivity index (χ1) is 13.3. The lowest BCUT2D eigenvalue weighted by molar-refractivity contribution is 0.0148. The van der Waals surface area contributed by atoms with Crippen LogP contribution in [0.4, 0.5) is 0 Å². The third-order valence-electron chi connectivity index (χ3n) is 5.57. The van der Waals surface area contributed by atoms with E-state index in [1.54, 1.807) is 0 Å². The summed E-state index contributed by atoms with van der Waals surface area (Å²) in [6.45, 7) is 1.46. The van der Waals surface area contributed by atoms with Crippen molar-refractivity contribution in [3.05, 3.63) is 66.4 Å². The van der Waals surface area contributed by atoms with E-state index in [1.807, 2.05) is 42.6 Å². The number of piperidine rings is 1. The summed E-state index contributed by atoms with van der Waals surface area (Å²) in [4.78, 5) is 13.1. The fourth-order valence-corrected chi connectivity index (χ4v) is 4.38. The molecule has 2 saturated heterocycles. The number of rotatable bonds is 3. The van der Waals surface area contributed by atoms with Gasteiger partial charge in [0.1, 0.15) is 0 Å². The standard InChI is InChI=1S/C22H23N3O2/c26-22(24-15-10-16-13-27-14-17(11-15)23-16)20-12-25(18-6-2-1-3-7-18)21-9-5-4-8-19(20)21/h1-9,12,15-17,23H,10-11,13-14H2,(H,24,26). The maximum Gasteiger partial charge on any atom is 0.253 e. The quantitative estimate of drug-likeness (QED) is 0.754. The normalized spacial score (nSPS) is 24.7. The van der Waals surface area contributed by atoms with Crippen LogP contribution in [0.3, 0.4) is 0 Å². The summed E-state index contributed by atoms with van der Waals surface area (Å²) >= 11 is 0. The minimum atomic E-state index is 0.00627. The molecule has 0 aliphatic carbocycles. The largest absolute Gasteiger partial charge is 0.378 e. The van der Waals surface area contributed by atoms with Gasteiger partial charge in [0.25, 0.3) is 5.91 Å². The molecule has 1 amide bonds. The van der Waals surface area contributed by atoms with Crippen molar-refractivity contribution >= 4 is 16.8 Å². The van der Waals surface area contributed by atoms with Crippen LogP contribution in [-0.2, 0) is 4.74 Å². The zero-order chi connectivity index (χ0) is 18.2. The molecule has 3 heterocycles. The van der Waals surface area contributed by atoms with Gasteiger partial charge >= 0.3 is 0 Å². The summed E-state index contributed by atoms with van der Waals surface area (Å²) in [5.74, 6) is 0.00627. The SMILES string of the molecule is O=C(NC1CC2COCC(C1)N2)c1cn(-c2ccccc2)c2ccccc12. The molecule has 2 aromatic carbocycles. The number of carbonyl (C=O) groups is 1. The van der Waals surface area contributed by atoms with Crippen LogP contribution in [0.2, 0.25) is 0 Å². The Balaban J connectivity index is 1.45. The average molecular weight is 361 g/mol. The van der Waals surface area contributed by atoms with Gasteiger partial charge in [-0.3, -0.25) is 4.79 Å². The van der Waals surface area contributed by atoms with E-state index in [1.165, 1.54) is 0 Å². The van der Waals surface area contributed by atoms with E-state index in [-0.39, 0.29) is 11.9 Å². The van der Waals surface area contributed by atoms with Crippen LogP contribution in [0, 0.1) is 0 Å². The van der Waals surface area contributed by atoms with Gasteiger partial charge < -0.3 is 19.9 Å². The second-order valence-corrected chi connectivity index (χ2v) is 7.51. The first-order valence-electron chi connectivity index (χ1n) is 9.58. The molecular formula is C22H23N3O2. The predicted molar refractivity (Wildman–Crippen MR) is 105 cm³/mol. The molecule has 27 heavy (non-hydrogen) atoms. The van der Waals surface area contributed by atoms with Crippen molar-refractivity contribution in [1.82, 2.24) is 15.2 Å². The lowest BCUT2D eigenvalue weighted by Crippen LogP contribution is -2.58. The van der Waals surface area contributed by atoms with Crippen LogP contribution in [0.1, 0.15) is 23.2 Å². The Bertz CT molecular complexity index is 954. The van der Waals surface area contributed by atoms with Gasteiger partial charge in [-0.1, -0.05) is 36.4 Å². The number of fused-ring (bicyclic) bond motifs is 3. The molecule has 5 nitrogen and oxygen atoms in total. The van der Waals surface area contributed by atoms with Crippen molar-refractivity contribution in [2.75, 3.05) is 13.2 Å². The molecule has 2 N–H and O–H groups in total. The van der Waals surface area contributed by atoms with Gasteiger partial charge in [-0.25, -0.2) is 0 Å². The highest BCUT2D eigenvalue weighted by Crippen LogP contribution is 2.26. The van der Waals surface area contributed by atoms with Crippen molar-refractivity contribution in [2.45, 2.75) is 31.0 Å². The Kier molecular flexibility index (Phi) is 4.19. The molecule has 2 unspecified atom stereocenters. The summed E-state index contributed by atoms with van der Waals surface area (Å²) < 4.78 is 7.70. The molecule has 0 spiro atoms. The number of hydrogen-bond donors (Lipinski definition) is 2. The molecule has 2 bridgehead atoms. The first kappa shape index (κ1) is 16.5. The lowest BCUT2D eigenvalue weighted by atomic mass is 9.92. The smallest absolute Gasteiger partial charge is 0.253 e. The number of aromatic nitrogens is 1. The predicted octanol–water partition coefficient (Wildman–Crippen LogP) is 2.88. The van der Waals surface area contributed by atoms with Crippen LogP contribution in [-0.4, -0.2) is 41.8 Å². The molecule has 138 valence electrons. The highest BCUT2D eigenvalue weighted by molar-refractivity contribution is 6.07. The van der Waals surface area contributed by atoms with Gasteiger partial charge in [-0.2, -0.15) is 0 Å².